The summed E-state index contributed by atoms with van der Waals surface area (Å²) in [6, 6.07) is 6.50. The van der Waals surface area contributed by atoms with E-state index >= 15 is 0 Å². The molecule has 0 saturated carbocycles. The Labute approximate surface area is 147 Å². The average Bonchev–Trinajstić information content (AvgIpc) is 2.53. The van der Waals surface area contributed by atoms with Gasteiger partial charge in [0.25, 0.3) is 0 Å². The highest BCUT2D eigenvalue weighted by Crippen LogP contribution is 2.36. The fourth-order valence-electron chi connectivity index (χ4n) is 3.69. The van der Waals surface area contributed by atoms with Crippen molar-refractivity contribution in [1.82, 2.24) is 0 Å². The van der Waals surface area contributed by atoms with Crippen LogP contribution < -0.4 is 9.64 Å². The fourth-order valence-corrected chi connectivity index (χ4v) is 3.69. The summed E-state index contributed by atoms with van der Waals surface area (Å²) >= 11 is 0. The average molecular weight is 332 g/mol. The topological polar surface area (TPSA) is 29.5 Å². The molecule has 2 rings (SSSR count). The Morgan fingerprint density at radius 3 is 2.62 bits per heavy atom. The van der Waals surface area contributed by atoms with Gasteiger partial charge in [0.2, 0.25) is 5.91 Å². The van der Waals surface area contributed by atoms with Crippen LogP contribution >= 0.6 is 0 Å². The molecule has 1 amide bonds. The summed E-state index contributed by atoms with van der Waals surface area (Å²) in [6.45, 7) is 10.5. The monoisotopic (exact) mass is 331 g/mol. The fraction of sp³-hybridized carbons (Fsp3) is 0.667. The third-order valence-electron chi connectivity index (χ3n) is 5.22. The van der Waals surface area contributed by atoms with Crippen molar-refractivity contribution >= 4 is 11.6 Å². The van der Waals surface area contributed by atoms with Crippen molar-refractivity contribution < 1.29 is 9.53 Å². The van der Waals surface area contributed by atoms with E-state index in [-0.39, 0.29) is 11.9 Å². The third-order valence-corrected chi connectivity index (χ3v) is 5.22. The number of ether oxygens (including phenoxy) is 1. The zero-order valence-corrected chi connectivity index (χ0v) is 16.0. The number of anilines is 1. The van der Waals surface area contributed by atoms with Crippen molar-refractivity contribution in [3.63, 3.8) is 0 Å². The number of carbonyl (C=O) groups is 1. The minimum Gasteiger partial charge on any atom is -0.490 e. The summed E-state index contributed by atoms with van der Waals surface area (Å²) in [5.41, 5.74) is 2.29. The smallest absolute Gasteiger partial charge is 0.224 e. The van der Waals surface area contributed by atoms with Gasteiger partial charge < -0.3 is 9.64 Å². The van der Waals surface area contributed by atoms with E-state index in [1.54, 1.807) is 6.92 Å². The molecule has 0 fully saturated rings. The predicted molar refractivity (Wildman–Crippen MR) is 101 cm³/mol. The van der Waals surface area contributed by atoms with E-state index in [2.05, 4.69) is 39.8 Å². The molecular weight excluding hydrogens is 298 g/mol. The maximum Gasteiger partial charge on any atom is 0.224 e. The zero-order chi connectivity index (χ0) is 17.7. The molecule has 0 radical (unpaired) electrons. The standard InChI is InChI=1S/C21H33NO2/c1-6-8-10-19(9-7-2)24-20-11-12-21-18(14-20)13-15(3)16(4)22(21)17(5)23/h11-12,14-16,19H,6-10,13H2,1-5H3/t15?,16-,19?/m0/s1. The van der Waals surface area contributed by atoms with Crippen LogP contribution in [0.15, 0.2) is 18.2 Å². The van der Waals surface area contributed by atoms with Crippen LogP contribution in [0.3, 0.4) is 0 Å². The highest BCUT2D eigenvalue weighted by atomic mass is 16.5. The van der Waals surface area contributed by atoms with E-state index in [9.17, 15) is 4.79 Å². The molecule has 1 heterocycles. The van der Waals surface area contributed by atoms with Crippen molar-refractivity contribution in [3.05, 3.63) is 23.8 Å². The maximum absolute atomic E-state index is 12.1. The molecule has 1 aromatic carbocycles. The summed E-state index contributed by atoms with van der Waals surface area (Å²) < 4.78 is 6.28. The molecule has 0 aliphatic carbocycles. The van der Waals surface area contributed by atoms with Gasteiger partial charge in [0.15, 0.2) is 0 Å². The molecule has 1 aliphatic heterocycles. The molecule has 3 heteroatoms. The number of amides is 1. The summed E-state index contributed by atoms with van der Waals surface area (Å²) in [5.74, 6) is 1.53. The molecule has 3 nitrogen and oxygen atoms in total. The minimum absolute atomic E-state index is 0.121. The van der Waals surface area contributed by atoms with Crippen LogP contribution in [-0.4, -0.2) is 18.1 Å². The van der Waals surface area contributed by atoms with E-state index in [1.807, 2.05) is 11.0 Å². The Bertz CT molecular complexity index is 555. The SMILES string of the molecule is CCCCC(CCC)Oc1ccc2c(c1)CC(C)[C@H](C)N2C(C)=O. The van der Waals surface area contributed by atoms with Gasteiger partial charge in [-0.2, -0.15) is 0 Å². The van der Waals surface area contributed by atoms with E-state index in [0.29, 0.717) is 12.0 Å². The number of hydrogen-bond donors (Lipinski definition) is 0. The minimum atomic E-state index is 0.121. The normalized spacial score (nSPS) is 21.3. The van der Waals surface area contributed by atoms with Gasteiger partial charge in [0.1, 0.15) is 5.75 Å². The molecular formula is C21H33NO2. The second-order valence-electron chi connectivity index (χ2n) is 7.27. The van der Waals surface area contributed by atoms with Crippen LogP contribution in [0.4, 0.5) is 5.69 Å². The number of nitrogens with zero attached hydrogens (tertiary/aromatic N) is 1. The first-order valence-corrected chi connectivity index (χ1v) is 9.57. The number of fused-ring (bicyclic) bond motifs is 1. The second kappa shape index (κ2) is 8.55. The summed E-state index contributed by atoms with van der Waals surface area (Å²) in [7, 11) is 0. The van der Waals surface area contributed by atoms with E-state index in [4.69, 9.17) is 4.74 Å². The molecule has 0 N–H and O–H groups in total. The number of carbonyl (C=O) groups excluding carboxylic acids is 1. The summed E-state index contributed by atoms with van der Waals surface area (Å²) in [5, 5.41) is 0. The highest BCUT2D eigenvalue weighted by Gasteiger charge is 2.31. The lowest BCUT2D eigenvalue weighted by Crippen LogP contribution is -2.45. The molecule has 1 aliphatic rings. The highest BCUT2D eigenvalue weighted by molar-refractivity contribution is 5.93. The Morgan fingerprint density at radius 2 is 2.00 bits per heavy atom. The van der Waals surface area contributed by atoms with Gasteiger partial charge in [0, 0.05) is 18.7 Å². The van der Waals surface area contributed by atoms with Crippen LogP contribution in [0.5, 0.6) is 5.75 Å². The quantitative estimate of drug-likeness (QED) is 0.673. The first kappa shape index (κ1) is 18.8. The molecule has 2 unspecified atom stereocenters. The van der Waals surface area contributed by atoms with Crippen LogP contribution in [-0.2, 0) is 11.2 Å². The molecule has 24 heavy (non-hydrogen) atoms. The van der Waals surface area contributed by atoms with Gasteiger partial charge in [0.05, 0.1) is 6.10 Å². The lowest BCUT2D eigenvalue weighted by atomic mass is 9.87. The van der Waals surface area contributed by atoms with Crippen LogP contribution in [0.1, 0.15) is 72.3 Å². The van der Waals surface area contributed by atoms with Crippen molar-refractivity contribution in [3.8, 4) is 5.75 Å². The van der Waals surface area contributed by atoms with Crippen LogP contribution in [0.25, 0.3) is 0 Å². The third kappa shape index (κ3) is 4.31. The van der Waals surface area contributed by atoms with Crippen molar-refractivity contribution in [2.75, 3.05) is 4.90 Å². The van der Waals surface area contributed by atoms with E-state index in [0.717, 1.165) is 37.1 Å². The number of unbranched alkanes of at least 4 members (excludes halogenated alkanes) is 1. The van der Waals surface area contributed by atoms with E-state index < -0.39 is 0 Å². The molecule has 0 bridgehead atoms. The van der Waals surface area contributed by atoms with Gasteiger partial charge in [-0.3, -0.25) is 4.79 Å². The van der Waals surface area contributed by atoms with Crippen molar-refractivity contribution in [2.45, 2.75) is 85.3 Å². The van der Waals surface area contributed by atoms with Crippen molar-refractivity contribution in [2.24, 2.45) is 5.92 Å². The molecule has 1 aromatic rings. The summed E-state index contributed by atoms with van der Waals surface area (Å²) in [6.07, 6.45) is 7.09. The molecule has 0 saturated heterocycles. The van der Waals surface area contributed by atoms with Gasteiger partial charge in [-0.25, -0.2) is 0 Å². The van der Waals surface area contributed by atoms with Crippen molar-refractivity contribution in [1.29, 1.82) is 0 Å². The largest absolute Gasteiger partial charge is 0.490 e. The first-order chi connectivity index (χ1) is 11.5. The Kier molecular flexibility index (Phi) is 6.70. The molecule has 0 aromatic heterocycles. The number of hydrogen-bond acceptors (Lipinski definition) is 2. The lowest BCUT2D eigenvalue weighted by Gasteiger charge is -2.39. The van der Waals surface area contributed by atoms with Gasteiger partial charge in [-0.1, -0.05) is 40.0 Å². The predicted octanol–water partition coefficient (Wildman–Crippen LogP) is 5.36. The molecule has 134 valence electrons. The zero-order valence-electron chi connectivity index (χ0n) is 16.0. The van der Waals surface area contributed by atoms with Gasteiger partial charge >= 0.3 is 0 Å². The second-order valence-corrected chi connectivity index (χ2v) is 7.27. The van der Waals surface area contributed by atoms with Gasteiger partial charge in [-0.05, 0) is 55.9 Å². The lowest BCUT2D eigenvalue weighted by molar-refractivity contribution is -0.117. The maximum atomic E-state index is 12.1. The molecule has 3 atom stereocenters. The summed E-state index contributed by atoms with van der Waals surface area (Å²) in [4.78, 5) is 14.0. The molecule has 0 spiro atoms. The van der Waals surface area contributed by atoms with Gasteiger partial charge in [-0.15, -0.1) is 0 Å². The number of benzene rings is 1. The number of rotatable bonds is 7. The van der Waals surface area contributed by atoms with Crippen LogP contribution in [0, 0.1) is 5.92 Å². The Morgan fingerprint density at radius 1 is 1.25 bits per heavy atom. The first-order valence-electron chi connectivity index (χ1n) is 9.57. The van der Waals surface area contributed by atoms with E-state index in [1.165, 1.54) is 18.4 Å². The Hall–Kier alpha value is -1.51. The Balaban J connectivity index is 2.21. The van der Waals surface area contributed by atoms with Crippen LogP contribution in [0.2, 0.25) is 0 Å².